The van der Waals surface area contributed by atoms with Crippen LogP contribution in [0.1, 0.15) is 40.0 Å². The number of pyridine rings is 1. The summed E-state index contributed by atoms with van der Waals surface area (Å²) in [4.78, 5) is 30.3. The minimum Gasteiger partial charge on any atom is -0.454 e. The van der Waals surface area contributed by atoms with Gasteiger partial charge in [-0.2, -0.15) is 0 Å². The third-order valence-corrected chi connectivity index (χ3v) is 7.46. The third kappa shape index (κ3) is 5.08. The Hall–Kier alpha value is -4.65. The number of aromatic nitrogens is 1. The summed E-state index contributed by atoms with van der Waals surface area (Å²) in [5, 5.41) is 6.09. The van der Waals surface area contributed by atoms with E-state index in [1.165, 1.54) is 0 Å². The molecule has 2 heterocycles. The highest BCUT2D eigenvalue weighted by atomic mass is 16.7. The highest BCUT2D eigenvalue weighted by molar-refractivity contribution is 6.02. The van der Waals surface area contributed by atoms with Crippen LogP contribution in [-0.2, 0) is 16.6 Å². The molecule has 2 amide bonds. The molecule has 1 fully saturated rings. The lowest BCUT2D eigenvalue weighted by Gasteiger charge is -2.17. The van der Waals surface area contributed by atoms with E-state index in [9.17, 15) is 9.59 Å². The molecule has 39 heavy (non-hydrogen) atoms. The van der Waals surface area contributed by atoms with Crippen molar-refractivity contribution in [1.82, 2.24) is 10.3 Å². The summed E-state index contributed by atoms with van der Waals surface area (Å²) in [7, 11) is 0. The van der Waals surface area contributed by atoms with Crippen LogP contribution in [0, 0.1) is 6.92 Å². The molecule has 1 aromatic heterocycles. The van der Waals surface area contributed by atoms with Gasteiger partial charge < -0.3 is 20.1 Å². The Balaban J connectivity index is 1.12. The summed E-state index contributed by atoms with van der Waals surface area (Å²) in [6, 6.07) is 25.0. The van der Waals surface area contributed by atoms with Gasteiger partial charge in [-0.05, 0) is 90.6 Å². The zero-order chi connectivity index (χ0) is 26.8. The SMILES string of the molecule is Cc1ccc(NC(=O)C2(c3ccc4c(c3)OCO4)CC2)cc1-c1ccc(C(=O)NCCc2ccccn2)cc1. The van der Waals surface area contributed by atoms with Gasteiger partial charge in [0.1, 0.15) is 0 Å². The Labute approximate surface area is 227 Å². The van der Waals surface area contributed by atoms with Gasteiger partial charge >= 0.3 is 0 Å². The summed E-state index contributed by atoms with van der Waals surface area (Å²) >= 11 is 0. The van der Waals surface area contributed by atoms with Gasteiger partial charge in [-0.1, -0.05) is 30.3 Å². The normalized spacial score (nSPS) is 14.5. The monoisotopic (exact) mass is 519 g/mol. The van der Waals surface area contributed by atoms with Crippen molar-refractivity contribution in [2.75, 3.05) is 18.7 Å². The number of hydrogen-bond donors (Lipinski definition) is 2. The van der Waals surface area contributed by atoms with Crippen LogP contribution in [0.2, 0.25) is 0 Å². The van der Waals surface area contributed by atoms with E-state index in [0.717, 1.165) is 46.5 Å². The van der Waals surface area contributed by atoms with Crippen molar-refractivity contribution in [3.05, 3.63) is 107 Å². The molecule has 1 aliphatic heterocycles. The van der Waals surface area contributed by atoms with Gasteiger partial charge in [0.25, 0.3) is 5.91 Å². The largest absolute Gasteiger partial charge is 0.454 e. The lowest BCUT2D eigenvalue weighted by Crippen LogP contribution is -2.27. The predicted molar refractivity (Wildman–Crippen MR) is 149 cm³/mol. The van der Waals surface area contributed by atoms with Crippen molar-refractivity contribution in [2.45, 2.75) is 31.6 Å². The Kier molecular flexibility index (Phi) is 6.49. The second-order valence-corrected chi connectivity index (χ2v) is 10.0. The van der Waals surface area contributed by atoms with Crippen molar-refractivity contribution in [1.29, 1.82) is 0 Å². The molecule has 0 bridgehead atoms. The molecule has 3 aromatic carbocycles. The second kappa shape index (κ2) is 10.3. The number of carbonyl (C=O) groups excluding carboxylic acids is 2. The fraction of sp³-hybridized carbons (Fsp3) is 0.219. The molecule has 1 aliphatic carbocycles. The number of carbonyl (C=O) groups is 2. The van der Waals surface area contributed by atoms with Crippen molar-refractivity contribution in [3.8, 4) is 22.6 Å². The molecule has 4 aromatic rings. The number of rotatable bonds is 8. The summed E-state index contributed by atoms with van der Waals surface area (Å²) < 4.78 is 10.9. The third-order valence-electron chi connectivity index (χ3n) is 7.46. The summed E-state index contributed by atoms with van der Waals surface area (Å²) in [6.07, 6.45) is 4.02. The van der Waals surface area contributed by atoms with Crippen LogP contribution in [0.25, 0.3) is 11.1 Å². The first-order chi connectivity index (χ1) is 19.0. The number of benzene rings is 3. The molecule has 2 N–H and O–H groups in total. The topological polar surface area (TPSA) is 89.5 Å². The molecule has 1 saturated carbocycles. The zero-order valence-electron chi connectivity index (χ0n) is 21.7. The van der Waals surface area contributed by atoms with Gasteiger partial charge in [0.15, 0.2) is 11.5 Å². The molecule has 2 aliphatic rings. The molecule has 0 saturated heterocycles. The summed E-state index contributed by atoms with van der Waals surface area (Å²) in [5.74, 6) is 1.27. The molecule has 7 heteroatoms. The maximum Gasteiger partial charge on any atom is 0.251 e. The van der Waals surface area contributed by atoms with Gasteiger partial charge in [-0.25, -0.2) is 0 Å². The number of aryl methyl sites for hydroxylation is 1. The smallest absolute Gasteiger partial charge is 0.251 e. The number of anilines is 1. The van der Waals surface area contributed by atoms with E-state index in [2.05, 4.69) is 15.6 Å². The minimum absolute atomic E-state index is 0.0195. The van der Waals surface area contributed by atoms with Gasteiger partial charge in [0.2, 0.25) is 12.7 Å². The van der Waals surface area contributed by atoms with Crippen LogP contribution in [0.3, 0.4) is 0 Å². The second-order valence-electron chi connectivity index (χ2n) is 10.0. The number of nitrogens with zero attached hydrogens (tertiary/aromatic N) is 1. The van der Waals surface area contributed by atoms with Crippen LogP contribution in [0.4, 0.5) is 5.69 Å². The first-order valence-corrected chi connectivity index (χ1v) is 13.1. The fourth-order valence-corrected chi connectivity index (χ4v) is 4.98. The first kappa shape index (κ1) is 24.7. The molecule has 0 atom stereocenters. The summed E-state index contributed by atoms with van der Waals surface area (Å²) in [6.45, 7) is 2.77. The standard InChI is InChI=1S/C32H29N3O4/c1-21-5-11-26(35-31(37)32(14-15-32)24-10-12-28-29(18-24)39-20-38-28)19-27(21)22-6-8-23(9-7-22)30(36)34-17-13-25-4-2-3-16-33-25/h2-12,16,18-19H,13-15,17,20H2,1H3,(H,34,36)(H,35,37). The number of ether oxygens (including phenoxy) is 2. The molecule has 6 rings (SSSR count). The molecule has 0 radical (unpaired) electrons. The van der Waals surface area contributed by atoms with E-state index in [1.54, 1.807) is 6.20 Å². The van der Waals surface area contributed by atoms with E-state index >= 15 is 0 Å². The quantitative estimate of drug-likeness (QED) is 0.324. The fourth-order valence-electron chi connectivity index (χ4n) is 4.98. The first-order valence-electron chi connectivity index (χ1n) is 13.1. The highest BCUT2D eigenvalue weighted by Gasteiger charge is 2.51. The molecular formula is C32H29N3O4. The van der Waals surface area contributed by atoms with Gasteiger partial charge in [-0.3, -0.25) is 14.6 Å². The number of hydrogen-bond acceptors (Lipinski definition) is 5. The van der Waals surface area contributed by atoms with E-state index in [1.807, 2.05) is 85.8 Å². The molecular weight excluding hydrogens is 490 g/mol. The minimum atomic E-state index is -0.544. The van der Waals surface area contributed by atoms with E-state index < -0.39 is 5.41 Å². The Morgan fingerprint density at radius 2 is 1.74 bits per heavy atom. The maximum atomic E-state index is 13.4. The van der Waals surface area contributed by atoms with Gasteiger partial charge in [-0.15, -0.1) is 0 Å². The highest BCUT2D eigenvalue weighted by Crippen LogP contribution is 2.51. The Bertz CT molecular complexity index is 1530. The number of fused-ring (bicyclic) bond motifs is 1. The molecule has 7 nitrogen and oxygen atoms in total. The summed E-state index contributed by atoms with van der Waals surface area (Å²) in [5.41, 5.74) is 5.75. The Morgan fingerprint density at radius 3 is 2.51 bits per heavy atom. The van der Waals surface area contributed by atoms with Crippen molar-refractivity contribution in [2.24, 2.45) is 0 Å². The van der Waals surface area contributed by atoms with Crippen LogP contribution < -0.4 is 20.1 Å². The Morgan fingerprint density at radius 1 is 0.923 bits per heavy atom. The van der Waals surface area contributed by atoms with Crippen LogP contribution >= 0.6 is 0 Å². The van der Waals surface area contributed by atoms with Crippen LogP contribution in [0.5, 0.6) is 11.5 Å². The molecule has 0 spiro atoms. The van der Waals surface area contributed by atoms with Crippen molar-refractivity contribution in [3.63, 3.8) is 0 Å². The van der Waals surface area contributed by atoms with E-state index in [0.29, 0.717) is 30.0 Å². The number of nitrogens with one attached hydrogen (secondary N) is 2. The maximum absolute atomic E-state index is 13.4. The molecule has 196 valence electrons. The molecule has 0 unspecified atom stereocenters. The van der Waals surface area contributed by atoms with Crippen LogP contribution in [-0.4, -0.2) is 30.1 Å². The average molecular weight is 520 g/mol. The zero-order valence-corrected chi connectivity index (χ0v) is 21.7. The van der Waals surface area contributed by atoms with Crippen molar-refractivity contribution < 1.29 is 19.1 Å². The number of amides is 2. The van der Waals surface area contributed by atoms with Gasteiger partial charge in [0, 0.05) is 36.1 Å². The van der Waals surface area contributed by atoms with Crippen LogP contribution in [0.15, 0.2) is 85.1 Å². The van der Waals surface area contributed by atoms with E-state index in [-0.39, 0.29) is 18.6 Å². The lowest BCUT2D eigenvalue weighted by atomic mass is 9.94. The van der Waals surface area contributed by atoms with Crippen molar-refractivity contribution >= 4 is 17.5 Å². The lowest BCUT2D eigenvalue weighted by molar-refractivity contribution is -0.118. The van der Waals surface area contributed by atoms with E-state index in [4.69, 9.17) is 9.47 Å². The average Bonchev–Trinajstić information content (AvgIpc) is 3.65. The predicted octanol–water partition coefficient (Wildman–Crippen LogP) is 5.43. The van der Waals surface area contributed by atoms with Gasteiger partial charge in [0.05, 0.1) is 5.41 Å².